The van der Waals surface area contributed by atoms with Gasteiger partial charge in [0.25, 0.3) is 0 Å². The number of anilines is 1. The van der Waals surface area contributed by atoms with Crippen LogP contribution in [0.3, 0.4) is 0 Å². The Morgan fingerprint density at radius 1 is 0.671 bits per heavy atom. The van der Waals surface area contributed by atoms with Crippen LogP contribution in [-0.2, 0) is 51.1 Å². The number of phosphoric acid groups is 2. The van der Waals surface area contributed by atoms with E-state index < -0.39 is 83.7 Å². The number of aliphatic hydroxyl groups excluding tert-OH is 2. The maximum Gasteiger partial charge on any atom is 0.481 e. The Morgan fingerprint density at radius 2 is 1.20 bits per heavy atom. The zero-order valence-corrected chi connectivity index (χ0v) is 46.6. The zero-order valence-electron chi connectivity index (χ0n) is 44.8. The van der Waals surface area contributed by atoms with Crippen LogP contribution in [0.25, 0.3) is 0 Å². The lowest BCUT2D eigenvalue weighted by Crippen LogP contribution is -2.36. The fourth-order valence-electron chi connectivity index (χ4n) is 7.44. The number of ether oxygens (including phenoxy) is 3. The van der Waals surface area contributed by atoms with Gasteiger partial charge in [-0.15, -0.1) is 0 Å². The summed E-state index contributed by atoms with van der Waals surface area (Å²) >= 11 is 0. The number of hydrogen-bond donors (Lipinski definition) is 5. The third-order valence-corrected chi connectivity index (χ3v) is 14.3. The lowest BCUT2D eigenvalue weighted by Gasteiger charge is -2.21. The van der Waals surface area contributed by atoms with Crippen LogP contribution >= 0.6 is 15.6 Å². The molecule has 1 saturated heterocycles. The average Bonchev–Trinajstić information content (AvgIpc) is 3.65. The summed E-state index contributed by atoms with van der Waals surface area (Å²) in [4.78, 5) is 73.8. The number of nitrogens with zero attached hydrogens (tertiary/aromatic N) is 2. The van der Waals surface area contributed by atoms with E-state index in [0.717, 1.165) is 94.2 Å². The van der Waals surface area contributed by atoms with Crippen molar-refractivity contribution in [2.24, 2.45) is 0 Å². The molecule has 0 radical (unpaired) electrons. The fraction of sp³-hybridized carbons (Fsp3) is 0.618. The molecule has 0 spiro atoms. The maximum absolute atomic E-state index is 12.9. The van der Waals surface area contributed by atoms with E-state index in [9.17, 15) is 48.3 Å². The first-order chi connectivity index (χ1) is 36.6. The summed E-state index contributed by atoms with van der Waals surface area (Å²) in [5.41, 5.74) is 4.58. The number of allylic oxidation sites excluding steroid dienone is 14. The molecule has 6 N–H and O–H groups in total. The second-order valence-corrected chi connectivity index (χ2v) is 21.4. The van der Waals surface area contributed by atoms with Crippen LogP contribution in [0.15, 0.2) is 102 Å². The van der Waals surface area contributed by atoms with E-state index in [1.54, 1.807) is 12.2 Å². The van der Waals surface area contributed by atoms with Crippen molar-refractivity contribution in [3.8, 4) is 0 Å². The normalized spacial score (nSPS) is 19.3. The Balaban J connectivity index is 1.82. The van der Waals surface area contributed by atoms with Crippen molar-refractivity contribution in [3.63, 3.8) is 0 Å². The van der Waals surface area contributed by atoms with E-state index in [1.165, 1.54) is 31.7 Å². The molecular formula is C55H87N3O16P2. The van der Waals surface area contributed by atoms with Gasteiger partial charge in [-0.25, -0.2) is 13.9 Å². The highest BCUT2D eigenvalue weighted by Gasteiger charge is 2.46. The van der Waals surface area contributed by atoms with Crippen molar-refractivity contribution in [3.05, 3.63) is 108 Å². The smallest absolute Gasteiger partial charge is 0.462 e. The molecule has 76 heavy (non-hydrogen) atoms. The topological polar surface area (TPSA) is 283 Å². The molecule has 1 fully saturated rings. The number of ketones is 1. The van der Waals surface area contributed by atoms with E-state index in [2.05, 4.69) is 59.6 Å². The number of esters is 2. The molecule has 0 bridgehead atoms. The third kappa shape index (κ3) is 33.7. The van der Waals surface area contributed by atoms with Gasteiger partial charge in [0.05, 0.1) is 13.2 Å². The molecule has 2 heterocycles. The van der Waals surface area contributed by atoms with Gasteiger partial charge in [-0.1, -0.05) is 151 Å². The summed E-state index contributed by atoms with van der Waals surface area (Å²) in [6, 6.07) is 1.24. The quantitative estimate of drug-likeness (QED) is 0.0101. The van der Waals surface area contributed by atoms with Crippen LogP contribution in [-0.4, -0.2) is 91.5 Å². The lowest BCUT2D eigenvalue weighted by atomic mass is 10.1. The largest absolute Gasteiger partial charge is 0.481 e. The van der Waals surface area contributed by atoms with Crippen LogP contribution in [0.1, 0.15) is 174 Å². The number of phosphoric ester groups is 2. The van der Waals surface area contributed by atoms with Crippen LogP contribution < -0.4 is 11.4 Å². The van der Waals surface area contributed by atoms with Crippen molar-refractivity contribution >= 4 is 39.2 Å². The molecule has 0 aromatic carbocycles. The van der Waals surface area contributed by atoms with Gasteiger partial charge in [0.1, 0.15) is 30.7 Å². The second-order valence-electron chi connectivity index (χ2n) is 18.4. The van der Waals surface area contributed by atoms with Gasteiger partial charge in [0, 0.05) is 25.5 Å². The predicted molar refractivity (Wildman–Crippen MR) is 293 cm³/mol. The minimum atomic E-state index is -5.46. The number of carbonyl (C=O) groups excluding carboxylic acids is 3. The Hall–Kier alpha value is -4.39. The summed E-state index contributed by atoms with van der Waals surface area (Å²) in [5, 5.41) is 20.9. The lowest BCUT2D eigenvalue weighted by molar-refractivity contribution is -0.161. The van der Waals surface area contributed by atoms with Gasteiger partial charge < -0.3 is 39.9 Å². The first-order valence-corrected chi connectivity index (χ1v) is 30.0. The fourth-order valence-corrected chi connectivity index (χ4v) is 9.55. The van der Waals surface area contributed by atoms with Gasteiger partial charge in [0.2, 0.25) is 0 Å². The number of carbonyl (C=O) groups is 3. The van der Waals surface area contributed by atoms with Crippen molar-refractivity contribution in [2.45, 2.75) is 199 Å². The number of aliphatic hydroxyl groups is 2. The second kappa shape index (κ2) is 41.7. The van der Waals surface area contributed by atoms with Crippen LogP contribution in [0.4, 0.5) is 5.82 Å². The number of unbranched alkanes of at least 4 members (excludes halogenated alkanes) is 13. The Kier molecular flexibility index (Phi) is 37.1. The molecule has 1 aromatic rings. The van der Waals surface area contributed by atoms with Crippen molar-refractivity contribution in [1.82, 2.24) is 9.55 Å². The van der Waals surface area contributed by atoms with Crippen molar-refractivity contribution < 1.29 is 71.1 Å². The molecule has 1 aliphatic heterocycles. The Bertz CT molecular complexity index is 2170. The van der Waals surface area contributed by atoms with Gasteiger partial charge in [-0.2, -0.15) is 9.29 Å². The molecule has 0 amide bonds. The molecule has 19 nitrogen and oxygen atoms in total. The summed E-state index contributed by atoms with van der Waals surface area (Å²) in [6.45, 7) is 1.91. The highest BCUT2D eigenvalue weighted by molar-refractivity contribution is 7.61. The molecule has 428 valence electrons. The maximum atomic E-state index is 12.9. The summed E-state index contributed by atoms with van der Waals surface area (Å²) in [7, 11) is -10.9. The molecule has 1 aliphatic rings. The highest BCUT2D eigenvalue weighted by Crippen LogP contribution is 2.60. The Labute approximate surface area is 450 Å². The molecule has 2 rings (SSSR count). The zero-order chi connectivity index (χ0) is 55.7. The van der Waals surface area contributed by atoms with Gasteiger partial charge in [-0.3, -0.25) is 28.0 Å². The summed E-state index contributed by atoms with van der Waals surface area (Å²) in [6.07, 6.45) is 42.1. The van der Waals surface area contributed by atoms with E-state index in [1.807, 2.05) is 36.5 Å². The monoisotopic (exact) mass is 1110 g/mol. The highest BCUT2D eigenvalue weighted by atomic mass is 31.3. The summed E-state index contributed by atoms with van der Waals surface area (Å²) < 4.78 is 56.8. The van der Waals surface area contributed by atoms with E-state index in [0.29, 0.717) is 32.1 Å². The SMILES string of the molecule is CCCCCC/C=C\C/C=C\C/C=C\CCCCCCCCC(=O)O[C@H](COC(=O)CCC/C=C\C/C=C\C/C=C\C=C\C(=O)CCCCC)COP(=O)(O)OP(=O)(O)OC[C@H]1O[C@@H](n2ccc(N)nc2=O)[C@H](O)[C@@H]1O. The van der Waals surface area contributed by atoms with Crippen LogP contribution in [0, 0.1) is 0 Å². The first-order valence-electron chi connectivity index (χ1n) is 27.1. The van der Waals surface area contributed by atoms with Gasteiger partial charge >= 0.3 is 33.3 Å². The average molecular weight is 1110 g/mol. The molecule has 1 aromatic heterocycles. The van der Waals surface area contributed by atoms with Gasteiger partial charge in [0.15, 0.2) is 18.1 Å². The number of nitrogens with two attached hydrogens (primary N) is 1. The molecule has 7 atom stereocenters. The standard InChI is InChI=1S/C55H87N3O16P2/c1-3-5-7-8-9-10-11-12-13-14-15-16-17-18-19-22-26-29-32-36-40-51(61)72-47(43-69-50(60)39-35-31-28-25-23-20-21-24-27-30-34-38-46(59)37-33-6-4-2)44-70-75(65,66)74-76(67,68)71-45-48-52(62)53(63)54(73-48)58-42-41-49(56)57-55(58)64/h10-11,13-14,16-17,20-21,25,27-28,30,34,38,41-42,47-48,52-54,62-63H,3-9,12,15,18-19,22-24,26,29,31-33,35-37,39-40,43-45H2,1-2H3,(H,65,66)(H,67,68)(H2,56,57,64)/b11-10-,14-13-,17-16-,21-20-,28-25-,30-27-,38-34+/t47-,48-,52-,53-,54-/m1/s1. The van der Waals surface area contributed by atoms with Crippen molar-refractivity contribution in [1.29, 1.82) is 0 Å². The molecule has 21 heteroatoms. The number of rotatable bonds is 44. The van der Waals surface area contributed by atoms with Gasteiger partial charge in [-0.05, 0) is 89.2 Å². The van der Waals surface area contributed by atoms with Crippen LogP contribution in [0.5, 0.6) is 0 Å². The van der Waals surface area contributed by atoms with E-state index >= 15 is 0 Å². The molecule has 2 unspecified atom stereocenters. The van der Waals surface area contributed by atoms with E-state index in [-0.39, 0.29) is 24.4 Å². The molecule has 0 aliphatic carbocycles. The Morgan fingerprint density at radius 3 is 1.83 bits per heavy atom. The number of hydrogen-bond acceptors (Lipinski definition) is 16. The third-order valence-electron chi connectivity index (χ3n) is 11.7. The number of aromatic nitrogens is 2. The minimum Gasteiger partial charge on any atom is -0.462 e. The molecule has 0 saturated carbocycles. The summed E-state index contributed by atoms with van der Waals surface area (Å²) in [5.74, 6) is -1.29. The minimum absolute atomic E-state index is 0.00747. The van der Waals surface area contributed by atoms with Crippen molar-refractivity contribution in [2.75, 3.05) is 25.6 Å². The first kappa shape index (κ1) is 67.7. The number of nitrogen functional groups attached to an aromatic ring is 1. The predicted octanol–water partition coefficient (Wildman–Crippen LogP) is 11.0. The van der Waals surface area contributed by atoms with Crippen LogP contribution in [0.2, 0.25) is 0 Å². The molecular weight excluding hydrogens is 1020 g/mol. The van der Waals surface area contributed by atoms with E-state index in [4.69, 9.17) is 29.0 Å².